The van der Waals surface area contributed by atoms with Crippen LogP contribution in [0.15, 0.2) is 0 Å². The van der Waals surface area contributed by atoms with E-state index in [-0.39, 0.29) is 6.42 Å². The quantitative estimate of drug-likeness (QED) is 0.384. The van der Waals surface area contributed by atoms with Crippen molar-refractivity contribution >= 4 is 0 Å². The molecular weight excluding hydrogens is 272 g/mol. The van der Waals surface area contributed by atoms with Gasteiger partial charge in [-0.3, -0.25) is 0 Å². The lowest BCUT2D eigenvalue weighted by Gasteiger charge is -2.43. The summed E-state index contributed by atoms with van der Waals surface area (Å²) >= 11 is 0. The predicted octanol–water partition coefficient (Wildman–Crippen LogP) is -2.31. The second kappa shape index (κ2) is 6.20. The largest absolute Gasteiger partial charge is 0.390 e. The van der Waals surface area contributed by atoms with Gasteiger partial charge in [-0.15, -0.1) is 0 Å². The highest BCUT2D eigenvalue weighted by Crippen LogP contribution is 2.27. The predicted molar refractivity (Wildman–Crippen MR) is 64.4 cm³/mol. The molecule has 9 atom stereocenters. The fraction of sp³-hybridized carbons (Fsp3) is 1.00. The van der Waals surface area contributed by atoms with Crippen LogP contribution in [0.4, 0.5) is 0 Å². The van der Waals surface area contributed by atoms with Crippen molar-refractivity contribution in [2.45, 2.75) is 75.6 Å². The lowest BCUT2D eigenvalue weighted by molar-refractivity contribution is -0.338. The van der Waals surface area contributed by atoms with Crippen molar-refractivity contribution in [1.82, 2.24) is 0 Å². The third-order valence-electron chi connectivity index (χ3n) is 3.78. The van der Waals surface area contributed by atoms with E-state index in [2.05, 4.69) is 0 Å². The van der Waals surface area contributed by atoms with Crippen LogP contribution in [0.25, 0.3) is 0 Å². The van der Waals surface area contributed by atoms with E-state index in [1.807, 2.05) is 0 Å². The Labute approximate surface area is 116 Å². The lowest BCUT2D eigenvalue weighted by atomic mass is 9.99. The minimum absolute atomic E-state index is 0.0688. The van der Waals surface area contributed by atoms with E-state index in [4.69, 9.17) is 14.2 Å². The van der Waals surface area contributed by atoms with Gasteiger partial charge < -0.3 is 39.7 Å². The van der Waals surface area contributed by atoms with Crippen LogP contribution in [0.2, 0.25) is 0 Å². The van der Waals surface area contributed by atoms with Crippen molar-refractivity contribution in [3.63, 3.8) is 0 Å². The third-order valence-corrected chi connectivity index (χ3v) is 3.78. The standard InChI is InChI=1S/C12H22O8/c1-4-6(13)3-7(14)12(19-4)20-10-8(15)5(2)18-11(17)9(10)16/h4-17H,3H2,1-2H3/t4-,5+,6-,7-,8+,9-,10-,11+,12-/m1/s1. The minimum atomic E-state index is -1.48. The van der Waals surface area contributed by atoms with Crippen molar-refractivity contribution in [1.29, 1.82) is 0 Å². The minimum Gasteiger partial charge on any atom is -0.390 e. The summed E-state index contributed by atoms with van der Waals surface area (Å²) in [6.45, 7) is 3.15. The highest BCUT2D eigenvalue weighted by atomic mass is 16.7. The van der Waals surface area contributed by atoms with Crippen LogP contribution in [0, 0.1) is 0 Å². The molecule has 2 heterocycles. The molecule has 8 nitrogen and oxygen atoms in total. The Kier molecular flexibility index (Phi) is 4.98. The van der Waals surface area contributed by atoms with E-state index in [0.29, 0.717) is 0 Å². The van der Waals surface area contributed by atoms with Crippen LogP contribution in [0.5, 0.6) is 0 Å². The van der Waals surface area contributed by atoms with E-state index in [0.717, 1.165) is 0 Å². The summed E-state index contributed by atoms with van der Waals surface area (Å²) in [5.41, 5.74) is 0. The maximum absolute atomic E-state index is 9.95. The molecule has 0 amide bonds. The van der Waals surface area contributed by atoms with E-state index < -0.39 is 55.3 Å². The summed E-state index contributed by atoms with van der Waals surface area (Å²) in [4.78, 5) is 0. The van der Waals surface area contributed by atoms with Crippen LogP contribution >= 0.6 is 0 Å². The number of aliphatic hydroxyl groups excluding tert-OH is 5. The van der Waals surface area contributed by atoms with Crippen molar-refractivity contribution < 1.29 is 39.7 Å². The van der Waals surface area contributed by atoms with Crippen molar-refractivity contribution in [3.8, 4) is 0 Å². The van der Waals surface area contributed by atoms with Crippen molar-refractivity contribution in [2.75, 3.05) is 0 Å². The van der Waals surface area contributed by atoms with Gasteiger partial charge in [0.2, 0.25) is 0 Å². The van der Waals surface area contributed by atoms with Crippen LogP contribution < -0.4 is 0 Å². The van der Waals surface area contributed by atoms with Crippen LogP contribution in [0.1, 0.15) is 20.3 Å². The molecule has 5 N–H and O–H groups in total. The SMILES string of the molecule is C[C@@H]1O[C@H](O)[C@H](O)[C@H](O[C@H]2O[C@H](C)[C@H](O)C[C@H]2O)[C@H]1O. The zero-order chi connectivity index (χ0) is 15.0. The molecule has 0 bridgehead atoms. The number of hydrogen-bond acceptors (Lipinski definition) is 8. The Bertz CT molecular complexity index is 313. The number of hydrogen-bond donors (Lipinski definition) is 5. The van der Waals surface area contributed by atoms with E-state index >= 15 is 0 Å². The van der Waals surface area contributed by atoms with Gasteiger partial charge in [-0.2, -0.15) is 0 Å². The molecule has 2 aliphatic rings. The van der Waals surface area contributed by atoms with Gasteiger partial charge in [-0.1, -0.05) is 0 Å². The molecular formula is C12H22O8. The number of rotatable bonds is 2. The molecule has 0 aromatic rings. The Morgan fingerprint density at radius 2 is 1.50 bits per heavy atom. The highest BCUT2D eigenvalue weighted by molar-refractivity contribution is 4.89. The smallest absolute Gasteiger partial charge is 0.184 e. The molecule has 0 aromatic carbocycles. The molecule has 8 heteroatoms. The van der Waals surface area contributed by atoms with E-state index in [1.54, 1.807) is 6.92 Å². The molecule has 2 aliphatic heterocycles. The second-order valence-corrected chi connectivity index (χ2v) is 5.39. The molecule has 0 unspecified atom stereocenters. The van der Waals surface area contributed by atoms with Crippen LogP contribution in [-0.2, 0) is 14.2 Å². The summed E-state index contributed by atoms with van der Waals surface area (Å²) in [6, 6.07) is 0. The number of aliphatic hydroxyl groups is 5. The maximum Gasteiger partial charge on any atom is 0.184 e. The zero-order valence-corrected chi connectivity index (χ0v) is 11.4. The Morgan fingerprint density at radius 1 is 0.850 bits per heavy atom. The van der Waals surface area contributed by atoms with Crippen LogP contribution in [-0.4, -0.2) is 80.8 Å². The summed E-state index contributed by atoms with van der Waals surface area (Å²) in [7, 11) is 0. The molecule has 0 aromatic heterocycles. The molecule has 118 valence electrons. The summed E-state index contributed by atoms with van der Waals surface area (Å²) in [5.74, 6) is 0. The van der Waals surface area contributed by atoms with Gasteiger partial charge in [-0.25, -0.2) is 0 Å². The average molecular weight is 294 g/mol. The molecule has 2 fully saturated rings. The van der Waals surface area contributed by atoms with Crippen LogP contribution in [0.3, 0.4) is 0 Å². The Morgan fingerprint density at radius 3 is 2.15 bits per heavy atom. The second-order valence-electron chi connectivity index (χ2n) is 5.39. The fourth-order valence-electron chi connectivity index (χ4n) is 2.39. The molecule has 2 saturated heterocycles. The van der Waals surface area contributed by atoms with Gasteiger partial charge in [0.05, 0.1) is 18.3 Å². The molecule has 2 rings (SSSR count). The topological polar surface area (TPSA) is 129 Å². The first-order valence-corrected chi connectivity index (χ1v) is 6.68. The Hall–Kier alpha value is -0.320. The zero-order valence-electron chi connectivity index (χ0n) is 11.4. The van der Waals surface area contributed by atoms with Gasteiger partial charge in [0.15, 0.2) is 12.6 Å². The normalized spacial score (nSPS) is 53.9. The van der Waals surface area contributed by atoms with E-state index in [1.165, 1.54) is 6.92 Å². The molecule has 0 aliphatic carbocycles. The molecule has 0 radical (unpaired) electrons. The average Bonchev–Trinajstić information content (AvgIpc) is 2.38. The first-order chi connectivity index (χ1) is 9.31. The summed E-state index contributed by atoms with van der Waals surface area (Å²) in [6.07, 6.45) is -9.47. The molecule has 20 heavy (non-hydrogen) atoms. The van der Waals surface area contributed by atoms with Gasteiger partial charge >= 0.3 is 0 Å². The first kappa shape index (κ1) is 16.1. The van der Waals surface area contributed by atoms with Gasteiger partial charge in [0.1, 0.15) is 24.4 Å². The maximum atomic E-state index is 9.95. The summed E-state index contributed by atoms with van der Waals surface area (Å²) < 4.78 is 15.6. The van der Waals surface area contributed by atoms with Crippen molar-refractivity contribution in [3.05, 3.63) is 0 Å². The van der Waals surface area contributed by atoms with E-state index in [9.17, 15) is 25.5 Å². The third kappa shape index (κ3) is 3.12. The van der Waals surface area contributed by atoms with Gasteiger partial charge in [0.25, 0.3) is 0 Å². The van der Waals surface area contributed by atoms with Gasteiger partial charge in [0, 0.05) is 6.42 Å². The fourth-order valence-corrected chi connectivity index (χ4v) is 2.39. The first-order valence-electron chi connectivity index (χ1n) is 6.68. The lowest BCUT2D eigenvalue weighted by Crippen LogP contribution is -2.60. The molecule has 0 saturated carbocycles. The highest BCUT2D eigenvalue weighted by Gasteiger charge is 2.46. The monoisotopic (exact) mass is 294 g/mol. The van der Waals surface area contributed by atoms with Crippen molar-refractivity contribution in [2.24, 2.45) is 0 Å². The molecule has 0 spiro atoms. The number of ether oxygens (including phenoxy) is 3. The summed E-state index contributed by atoms with van der Waals surface area (Å²) in [5, 5.41) is 48.7. The Balaban J connectivity index is 2.03. The van der Waals surface area contributed by atoms with Gasteiger partial charge in [-0.05, 0) is 13.8 Å².